The quantitative estimate of drug-likeness (QED) is 0.898. The first kappa shape index (κ1) is 12.6. The van der Waals surface area contributed by atoms with E-state index in [9.17, 15) is 0 Å². The molecule has 0 fully saturated rings. The summed E-state index contributed by atoms with van der Waals surface area (Å²) in [5.41, 5.74) is 4.35. The van der Waals surface area contributed by atoms with Crippen molar-refractivity contribution in [3.63, 3.8) is 0 Å². The fourth-order valence-corrected chi connectivity index (χ4v) is 1.93. The van der Waals surface area contributed by atoms with E-state index in [-0.39, 0.29) is 6.04 Å². The molecule has 4 nitrogen and oxygen atoms in total. The average Bonchev–Trinajstić information content (AvgIpc) is 2.81. The van der Waals surface area contributed by atoms with E-state index in [4.69, 9.17) is 0 Å². The third-order valence-electron chi connectivity index (χ3n) is 3.07. The van der Waals surface area contributed by atoms with Gasteiger partial charge in [0.15, 0.2) is 0 Å². The van der Waals surface area contributed by atoms with Crippen LogP contribution in [0.5, 0.6) is 0 Å². The van der Waals surface area contributed by atoms with Crippen LogP contribution in [0.15, 0.2) is 24.5 Å². The van der Waals surface area contributed by atoms with Gasteiger partial charge in [-0.3, -0.25) is 9.67 Å². The molecule has 0 radical (unpaired) electrons. The minimum Gasteiger partial charge on any atom is -0.377 e. The second-order valence-electron chi connectivity index (χ2n) is 4.58. The van der Waals surface area contributed by atoms with E-state index in [2.05, 4.69) is 41.5 Å². The number of hydrogen-bond donors (Lipinski definition) is 1. The van der Waals surface area contributed by atoms with Crippen LogP contribution in [-0.2, 0) is 6.54 Å². The average molecular weight is 244 g/mol. The Labute approximate surface area is 108 Å². The van der Waals surface area contributed by atoms with E-state index in [0.717, 1.165) is 23.6 Å². The number of anilines is 1. The normalized spacial score (nSPS) is 12.4. The standard InChI is InChI=1S/C14H20N4/c1-5-18-9-13(8-15-18)11(3)17-14-7-6-10(2)16-12(14)4/h6-9,11,17H,5H2,1-4H3. The van der Waals surface area contributed by atoms with Crippen molar-refractivity contribution in [3.8, 4) is 0 Å². The minimum absolute atomic E-state index is 0.230. The molecule has 1 N–H and O–H groups in total. The second kappa shape index (κ2) is 5.21. The Morgan fingerprint density at radius 3 is 2.72 bits per heavy atom. The van der Waals surface area contributed by atoms with Crippen molar-refractivity contribution in [2.45, 2.75) is 40.3 Å². The highest BCUT2D eigenvalue weighted by molar-refractivity contribution is 5.49. The number of aryl methyl sites for hydroxylation is 3. The molecule has 1 unspecified atom stereocenters. The Morgan fingerprint density at radius 2 is 2.11 bits per heavy atom. The largest absolute Gasteiger partial charge is 0.377 e. The third kappa shape index (κ3) is 2.70. The van der Waals surface area contributed by atoms with Gasteiger partial charge in [0.05, 0.1) is 23.6 Å². The zero-order chi connectivity index (χ0) is 13.1. The number of pyridine rings is 1. The molecule has 2 aromatic heterocycles. The highest BCUT2D eigenvalue weighted by Crippen LogP contribution is 2.20. The molecule has 0 aliphatic heterocycles. The first-order valence-corrected chi connectivity index (χ1v) is 6.33. The van der Waals surface area contributed by atoms with Gasteiger partial charge in [0.1, 0.15) is 0 Å². The predicted octanol–water partition coefficient (Wildman–Crippen LogP) is 3.09. The first-order chi connectivity index (χ1) is 8.60. The lowest BCUT2D eigenvalue weighted by atomic mass is 10.1. The van der Waals surface area contributed by atoms with E-state index in [1.165, 1.54) is 5.56 Å². The van der Waals surface area contributed by atoms with Crippen LogP contribution in [0, 0.1) is 13.8 Å². The van der Waals surface area contributed by atoms with Crippen molar-refractivity contribution in [2.75, 3.05) is 5.32 Å². The van der Waals surface area contributed by atoms with Gasteiger partial charge in [-0.1, -0.05) is 0 Å². The molecule has 0 aromatic carbocycles. The van der Waals surface area contributed by atoms with Crippen LogP contribution in [0.1, 0.15) is 36.8 Å². The third-order valence-corrected chi connectivity index (χ3v) is 3.07. The summed E-state index contributed by atoms with van der Waals surface area (Å²) in [5.74, 6) is 0. The fourth-order valence-electron chi connectivity index (χ4n) is 1.93. The lowest BCUT2D eigenvalue weighted by Crippen LogP contribution is -2.08. The molecule has 0 aliphatic carbocycles. The zero-order valence-electron chi connectivity index (χ0n) is 11.4. The van der Waals surface area contributed by atoms with Gasteiger partial charge in [-0.25, -0.2) is 0 Å². The lowest BCUT2D eigenvalue weighted by Gasteiger charge is -2.15. The number of nitrogens with one attached hydrogen (secondary N) is 1. The Balaban J connectivity index is 2.13. The maximum atomic E-state index is 4.46. The van der Waals surface area contributed by atoms with Crippen molar-refractivity contribution in [3.05, 3.63) is 41.5 Å². The summed E-state index contributed by atoms with van der Waals surface area (Å²) in [5, 5.41) is 7.77. The minimum atomic E-state index is 0.230. The fraction of sp³-hybridized carbons (Fsp3) is 0.429. The smallest absolute Gasteiger partial charge is 0.0607 e. The highest BCUT2D eigenvalue weighted by Gasteiger charge is 2.09. The molecule has 2 rings (SSSR count). The van der Waals surface area contributed by atoms with Crippen LogP contribution in [0.2, 0.25) is 0 Å². The van der Waals surface area contributed by atoms with Crippen LogP contribution in [0.3, 0.4) is 0 Å². The van der Waals surface area contributed by atoms with Gasteiger partial charge in [0.2, 0.25) is 0 Å². The zero-order valence-corrected chi connectivity index (χ0v) is 11.4. The Kier molecular flexibility index (Phi) is 3.65. The SMILES string of the molecule is CCn1cc(C(C)Nc2ccc(C)nc2C)cn1. The predicted molar refractivity (Wildman–Crippen MR) is 73.6 cm³/mol. The summed E-state index contributed by atoms with van der Waals surface area (Å²) in [6, 6.07) is 4.34. The summed E-state index contributed by atoms with van der Waals surface area (Å²) >= 11 is 0. The molecular formula is C14H20N4. The van der Waals surface area contributed by atoms with Gasteiger partial charge >= 0.3 is 0 Å². The van der Waals surface area contributed by atoms with Gasteiger partial charge in [-0.2, -0.15) is 5.10 Å². The number of aromatic nitrogens is 3. The Morgan fingerprint density at radius 1 is 1.33 bits per heavy atom. The number of hydrogen-bond acceptors (Lipinski definition) is 3. The van der Waals surface area contributed by atoms with Gasteiger partial charge in [-0.05, 0) is 39.8 Å². The van der Waals surface area contributed by atoms with Crippen LogP contribution >= 0.6 is 0 Å². The molecule has 2 aromatic rings. The van der Waals surface area contributed by atoms with Crippen LogP contribution < -0.4 is 5.32 Å². The van der Waals surface area contributed by atoms with Crippen molar-refractivity contribution < 1.29 is 0 Å². The maximum Gasteiger partial charge on any atom is 0.0607 e. The Hall–Kier alpha value is -1.84. The van der Waals surface area contributed by atoms with Crippen LogP contribution in [0.25, 0.3) is 0 Å². The molecule has 2 heterocycles. The molecule has 0 spiro atoms. The van der Waals surface area contributed by atoms with Gasteiger partial charge < -0.3 is 5.32 Å². The summed E-state index contributed by atoms with van der Waals surface area (Å²) in [6.45, 7) is 9.15. The van der Waals surface area contributed by atoms with Crippen molar-refractivity contribution >= 4 is 5.69 Å². The molecule has 0 bridgehead atoms. The van der Waals surface area contributed by atoms with Crippen LogP contribution in [-0.4, -0.2) is 14.8 Å². The summed E-state index contributed by atoms with van der Waals surface area (Å²) in [6.07, 6.45) is 3.99. The molecule has 0 saturated heterocycles. The van der Waals surface area contributed by atoms with Crippen LogP contribution in [0.4, 0.5) is 5.69 Å². The molecule has 0 amide bonds. The van der Waals surface area contributed by atoms with Gasteiger partial charge in [0.25, 0.3) is 0 Å². The monoisotopic (exact) mass is 244 g/mol. The van der Waals surface area contributed by atoms with Gasteiger partial charge in [-0.15, -0.1) is 0 Å². The van der Waals surface area contributed by atoms with E-state index < -0.39 is 0 Å². The molecular weight excluding hydrogens is 224 g/mol. The van der Waals surface area contributed by atoms with E-state index >= 15 is 0 Å². The molecule has 18 heavy (non-hydrogen) atoms. The highest BCUT2D eigenvalue weighted by atomic mass is 15.3. The lowest BCUT2D eigenvalue weighted by molar-refractivity contribution is 0.658. The molecule has 0 saturated carbocycles. The van der Waals surface area contributed by atoms with Gasteiger partial charge in [0, 0.05) is 24.0 Å². The molecule has 0 aliphatic rings. The van der Waals surface area contributed by atoms with Crippen molar-refractivity contribution in [1.82, 2.24) is 14.8 Å². The number of rotatable bonds is 4. The topological polar surface area (TPSA) is 42.7 Å². The molecule has 4 heteroatoms. The van der Waals surface area contributed by atoms with E-state index in [0.29, 0.717) is 0 Å². The van der Waals surface area contributed by atoms with Crippen molar-refractivity contribution in [1.29, 1.82) is 0 Å². The Bertz CT molecular complexity index is 530. The summed E-state index contributed by atoms with van der Waals surface area (Å²) in [4.78, 5) is 4.46. The van der Waals surface area contributed by atoms with Crippen molar-refractivity contribution in [2.24, 2.45) is 0 Å². The van der Waals surface area contributed by atoms with E-state index in [1.807, 2.05) is 30.8 Å². The van der Waals surface area contributed by atoms with E-state index in [1.54, 1.807) is 0 Å². The summed E-state index contributed by atoms with van der Waals surface area (Å²) < 4.78 is 1.94. The summed E-state index contributed by atoms with van der Waals surface area (Å²) in [7, 11) is 0. The number of nitrogens with zero attached hydrogens (tertiary/aromatic N) is 3. The maximum absolute atomic E-state index is 4.46. The second-order valence-corrected chi connectivity index (χ2v) is 4.58. The molecule has 96 valence electrons. The first-order valence-electron chi connectivity index (χ1n) is 6.33. The molecule has 1 atom stereocenters.